The van der Waals surface area contributed by atoms with Crippen LogP contribution in [-0.2, 0) is 9.84 Å². The molecule has 0 aromatic rings. The van der Waals surface area contributed by atoms with Crippen LogP contribution in [0, 0.1) is 5.41 Å². The Hall–Kier alpha value is -0.130. The second-order valence-corrected chi connectivity index (χ2v) is 7.89. The van der Waals surface area contributed by atoms with Gasteiger partial charge in [-0.1, -0.05) is 19.3 Å². The Bertz CT molecular complexity index is 321. The smallest absolute Gasteiger partial charge is 0.148 e. The van der Waals surface area contributed by atoms with Gasteiger partial charge in [-0.25, -0.2) is 8.42 Å². The van der Waals surface area contributed by atoms with E-state index in [4.69, 9.17) is 5.73 Å². The van der Waals surface area contributed by atoms with Crippen LogP contribution in [0.5, 0.6) is 0 Å². The molecule has 1 saturated carbocycles. The third-order valence-electron chi connectivity index (χ3n) is 3.80. The fraction of sp³-hybridized carbons (Fsp3) is 1.00. The van der Waals surface area contributed by atoms with E-state index in [0.717, 1.165) is 13.1 Å². The Labute approximate surface area is 105 Å². The van der Waals surface area contributed by atoms with Crippen LogP contribution >= 0.6 is 0 Å². The molecule has 0 radical (unpaired) electrons. The Morgan fingerprint density at radius 2 is 1.82 bits per heavy atom. The number of hydrogen-bond donors (Lipinski definition) is 1. The van der Waals surface area contributed by atoms with Crippen LogP contribution in [-0.4, -0.2) is 52.0 Å². The largest absolute Gasteiger partial charge is 0.330 e. The van der Waals surface area contributed by atoms with Crippen LogP contribution in [0.4, 0.5) is 0 Å². The number of rotatable bonds is 6. The summed E-state index contributed by atoms with van der Waals surface area (Å²) in [6.07, 6.45) is 7.50. The molecule has 1 aliphatic carbocycles. The third-order valence-corrected chi connectivity index (χ3v) is 4.72. The molecular weight excluding hydrogens is 236 g/mol. The van der Waals surface area contributed by atoms with Crippen molar-refractivity contribution in [1.82, 2.24) is 4.90 Å². The second kappa shape index (κ2) is 6.16. The standard InChI is InChI=1S/C12H26N2O2S/c1-14(8-9-17(2,15)16)11-12(10-13)6-4-3-5-7-12/h3-11,13H2,1-2H3. The first-order chi connectivity index (χ1) is 7.87. The van der Waals surface area contributed by atoms with Crippen LogP contribution < -0.4 is 5.73 Å². The molecule has 17 heavy (non-hydrogen) atoms. The summed E-state index contributed by atoms with van der Waals surface area (Å²) in [6, 6.07) is 0. The van der Waals surface area contributed by atoms with Gasteiger partial charge in [0.25, 0.3) is 0 Å². The number of sulfone groups is 1. The summed E-state index contributed by atoms with van der Waals surface area (Å²) >= 11 is 0. The van der Waals surface area contributed by atoms with Gasteiger partial charge in [0.1, 0.15) is 9.84 Å². The summed E-state index contributed by atoms with van der Waals surface area (Å²) in [5, 5.41) is 0. The molecule has 0 unspecified atom stereocenters. The molecular formula is C12H26N2O2S. The van der Waals surface area contributed by atoms with Gasteiger partial charge < -0.3 is 10.6 Å². The Morgan fingerprint density at radius 1 is 1.24 bits per heavy atom. The Morgan fingerprint density at radius 3 is 2.29 bits per heavy atom. The topological polar surface area (TPSA) is 63.4 Å². The zero-order valence-electron chi connectivity index (χ0n) is 11.1. The lowest BCUT2D eigenvalue weighted by molar-refractivity contribution is 0.131. The van der Waals surface area contributed by atoms with Crippen molar-refractivity contribution in [3.63, 3.8) is 0 Å². The highest BCUT2D eigenvalue weighted by molar-refractivity contribution is 7.90. The predicted octanol–water partition coefficient (Wildman–Crippen LogP) is 0.872. The molecule has 4 nitrogen and oxygen atoms in total. The van der Waals surface area contributed by atoms with Gasteiger partial charge >= 0.3 is 0 Å². The molecule has 0 atom stereocenters. The van der Waals surface area contributed by atoms with E-state index < -0.39 is 9.84 Å². The number of nitrogens with zero attached hydrogens (tertiary/aromatic N) is 1. The monoisotopic (exact) mass is 262 g/mol. The summed E-state index contributed by atoms with van der Waals surface area (Å²) in [4.78, 5) is 2.12. The number of hydrogen-bond acceptors (Lipinski definition) is 4. The van der Waals surface area contributed by atoms with Gasteiger partial charge in [0.2, 0.25) is 0 Å². The van der Waals surface area contributed by atoms with Crippen LogP contribution in [0.1, 0.15) is 32.1 Å². The fourth-order valence-corrected chi connectivity index (χ4v) is 3.35. The van der Waals surface area contributed by atoms with E-state index in [1.165, 1.54) is 38.4 Å². The van der Waals surface area contributed by atoms with Crippen LogP contribution in [0.2, 0.25) is 0 Å². The molecule has 0 aromatic carbocycles. The maximum atomic E-state index is 11.1. The molecule has 0 spiro atoms. The molecule has 2 N–H and O–H groups in total. The van der Waals surface area contributed by atoms with Crippen molar-refractivity contribution in [2.75, 3.05) is 38.7 Å². The zero-order valence-corrected chi connectivity index (χ0v) is 11.9. The zero-order chi connectivity index (χ0) is 12.9. The summed E-state index contributed by atoms with van der Waals surface area (Å²) in [5.74, 6) is 0.240. The minimum absolute atomic E-state index is 0.227. The molecule has 5 heteroatoms. The van der Waals surface area contributed by atoms with Crippen molar-refractivity contribution in [3.05, 3.63) is 0 Å². The molecule has 0 aliphatic heterocycles. The molecule has 0 bridgehead atoms. The van der Waals surface area contributed by atoms with Gasteiger partial charge in [-0.15, -0.1) is 0 Å². The van der Waals surface area contributed by atoms with Gasteiger partial charge in [-0.3, -0.25) is 0 Å². The minimum Gasteiger partial charge on any atom is -0.330 e. The maximum Gasteiger partial charge on any atom is 0.148 e. The normalized spacial score (nSPS) is 20.7. The lowest BCUT2D eigenvalue weighted by Crippen LogP contribution is -2.43. The van der Waals surface area contributed by atoms with E-state index >= 15 is 0 Å². The van der Waals surface area contributed by atoms with Gasteiger partial charge in [-0.2, -0.15) is 0 Å². The molecule has 1 rings (SSSR count). The summed E-state index contributed by atoms with van der Waals surface area (Å²) in [5.41, 5.74) is 6.15. The summed E-state index contributed by atoms with van der Waals surface area (Å²) < 4.78 is 22.3. The highest BCUT2D eigenvalue weighted by Gasteiger charge is 2.31. The quantitative estimate of drug-likeness (QED) is 0.771. The summed E-state index contributed by atoms with van der Waals surface area (Å²) in [6.45, 7) is 2.26. The van der Waals surface area contributed by atoms with E-state index in [1.807, 2.05) is 7.05 Å². The van der Waals surface area contributed by atoms with Crippen molar-refractivity contribution in [2.45, 2.75) is 32.1 Å². The van der Waals surface area contributed by atoms with Crippen molar-refractivity contribution >= 4 is 9.84 Å². The Kier molecular flexibility index (Phi) is 5.41. The van der Waals surface area contributed by atoms with Crippen molar-refractivity contribution in [2.24, 2.45) is 11.1 Å². The fourth-order valence-electron chi connectivity index (χ4n) is 2.70. The Balaban J connectivity index is 2.44. The summed E-state index contributed by atoms with van der Waals surface area (Å²) in [7, 11) is -0.862. The predicted molar refractivity (Wildman–Crippen MR) is 71.8 cm³/mol. The first kappa shape index (κ1) is 14.9. The number of nitrogens with two attached hydrogens (primary N) is 1. The third kappa shape index (κ3) is 5.36. The van der Waals surface area contributed by atoms with Crippen molar-refractivity contribution in [1.29, 1.82) is 0 Å². The minimum atomic E-state index is -2.86. The molecule has 0 aromatic heterocycles. The van der Waals surface area contributed by atoms with E-state index in [1.54, 1.807) is 0 Å². The molecule has 102 valence electrons. The second-order valence-electron chi connectivity index (χ2n) is 5.63. The highest BCUT2D eigenvalue weighted by atomic mass is 32.2. The van der Waals surface area contributed by atoms with Crippen LogP contribution in [0.25, 0.3) is 0 Å². The van der Waals surface area contributed by atoms with E-state index in [9.17, 15) is 8.42 Å². The van der Waals surface area contributed by atoms with E-state index in [2.05, 4.69) is 4.90 Å². The molecule has 1 aliphatic rings. The van der Waals surface area contributed by atoms with Gasteiger partial charge in [-0.05, 0) is 31.8 Å². The van der Waals surface area contributed by atoms with E-state index in [0.29, 0.717) is 6.54 Å². The van der Waals surface area contributed by atoms with E-state index in [-0.39, 0.29) is 11.2 Å². The highest BCUT2D eigenvalue weighted by Crippen LogP contribution is 2.35. The molecule has 0 amide bonds. The maximum absolute atomic E-state index is 11.1. The lowest BCUT2D eigenvalue weighted by atomic mass is 9.74. The molecule has 1 fully saturated rings. The van der Waals surface area contributed by atoms with Crippen molar-refractivity contribution < 1.29 is 8.42 Å². The average Bonchev–Trinajstić information content (AvgIpc) is 2.27. The first-order valence-corrected chi connectivity index (χ1v) is 8.49. The molecule has 0 heterocycles. The average molecular weight is 262 g/mol. The van der Waals surface area contributed by atoms with Crippen LogP contribution in [0.15, 0.2) is 0 Å². The first-order valence-electron chi connectivity index (χ1n) is 6.43. The lowest BCUT2D eigenvalue weighted by Gasteiger charge is -2.39. The van der Waals surface area contributed by atoms with Gasteiger partial charge in [0.15, 0.2) is 0 Å². The van der Waals surface area contributed by atoms with Gasteiger partial charge in [0.05, 0.1) is 5.75 Å². The SMILES string of the molecule is CN(CCS(C)(=O)=O)CC1(CN)CCCCC1. The van der Waals surface area contributed by atoms with Gasteiger partial charge in [0, 0.05) is 19.3 Å². The molecule has 0 saturated heterocycles. The van der Waals surface area contributed by atoms with Crippen molar-refractivity contribution in [3.8, 4) is 0 Å². The van der Waals surface area contributed by atoms with Crippen LogP contribution in [0.3, 0.4) is 0 Å².